The third-order valence-corrected chi connectivity index (χ3v) is 22.2. The van der Waals surface area contributed by atoms with Crippen LogP contribution >= 0.6 is 57.7 Å². The molecule has 2 saturated carbocycles. The summed E-state index contributed by atoms with van der Waals surface area (Å²) in [6, 6.07) is 25.6. The second-order valence-electron chi connectivity index (χ2n) is 25.8. The van der Waals surface area contributed by atoms with E-state index in [1.54, 1.807) is 77.8 Å². The number of rotatable bonds is 19. The number of nitrogens with zero attached hydrogens (tertiary/aromatic N) is 10. The van der Waals surface area contributed by atoms with Crippen LogP contribution in [0.4, 0.5) is 51.7 Å². The molecule has 4 fully saturated rings. The van der Waals surface area contributed by atoms with Crippen LogP contribution in [0, 0.1) is 20.8 Å². The molecule has 0 bridgehead atoms. The first kappa shape index (κ1) is 79.4. The maximum atomic E-state index is 13.4. The average Bonchev–Trinajstić information content (AvgIpc) is 1.12. The number of aliphatic hydroxyl groups is 1. The van der Waals surface area contributed by atoms with E-state index in [4.69, 9.17) is 50.9 Å². The first-order valence-corrected chi connectivity index (χ1v) is 42.2. The van der Waals surface area contributed by atoms with Gasteiger partial charge in [0, 0.05) is 115 Å². The predicted octanol–water partition coefficient (Wildman–Crippen LogP) is 15.1. The van der Waals surface area contributed by atoms with Gasteiger partial charge in [-0.3, -0.25) is 24.5 Å². The van der Waals surface area contributed by atoms with E-state index in [-0.39, 0.29) is 10.2 Å². The predicted molar refractivity (Wildman–Crippen MR) is 420 cm³/mol. The van der Waals surface area contributed by atoms with Gasteiger partial charge in [0.15, 0.2) is 0 Å². The molecule has 0 unspecified atom stereocenters. The van der Waals surface area contributed by atoms with Crippen molar-refractivity contribution >= 4 is 130 Å². The second-order valence-corrected chi connectivity index (χ2v) is 35.6. The highest BCUT2D eigenvalue weighted by molar-refractivity contribution is 9.11. The molecule has 6 heterocycles. The molecule has 0 radical (unpaired) electrons. The molecule has 0 amide bonds. The fourth-order valence-corrected chi connectivity index (χ4v) is 14.3. The number of nitrogens with one attached hydrogen (secondary N) is 3. The first-order valence-electron chi connectivity index (χ1n) is 33.6. The summed E-state index contributed by atoms with van der Waals surface area (Å²) in [5, 5.41) is 19.6. The Morgan fingerprint density at radius 3 is 1.49 bits per heavy atom. The number of aliphatic hydroxyl groups excluding tert-OH is 1. The summed E-state index contributed by atoms with van der Waals surface area (Å²) < 4.78 is 79.3. The largest absolute Gasteiger partial charge is 0.495 e. The SMILES string of the molecule is CCCCO.COc1cc(N)c(C)cc1N1CCOCC1.COc1cc(Nc2ncc(Br)c(Nc3ccc(-c4cnc(C5CC5)cn4)cc3P(C)(C)=O)n2)c(C)cc1N1CCOCC1.CP(C)(=O)c1cc(-c2cnc(C3CC3)cn2)ccc1Nc1nc(Cl)ncc1Br.Cc1ccc(S(=O)(=O)O)cc1. The molecule has 4 aliphatic rings. The number of nitrogen functional groups attached to an aromatic ring is 1. The Morgan fingerprint density at radius 1 is 0.602 bits per heavy atom. The van der Waals surface area contributed by atoms with Crippen LogP contribution in [0.2, 0.25) is 5.28 Å². The van der Waals surface area contributed by atoms with Gasteiger partial charge in [-0.1, -0.05) is 43.2 Å². The highest BCUT2D eigenvalue weighted by Crippen LogP contribution is 2.44. The van der Waals surface area contributed by atoms with Crippen molar-refractivity contribution in [3.63, 3.8) is 0 Å². The van der Waals surface area contributed by atoms with Gasteiger partial charge < -0.3 is 64.7 Å². The number of benzene rings is 5. The van der Waals surface area contributed by atoms with Crippen molar-refractivity contribution in [1.82, 2.24) is 39.9 Å². The van der Waals surface area contributed by atoms with Crippen LogP contribution in [0.3, 0.4) is 0 Å². The van der Waals surface area contributed by atoms with Crippen molar-refractivity contribution in [3.8, 4) is 34.0 Å². The highest BCUT2D eigenvalue weighted by Gasteiger charge is 2.28. The number of aromatic nitrogens is 8. The summed E-state index contributed by atoms with van der Waals surface area (Å²) in [4.78, 5) is 40.2. The zero-order valence-corrected chi connectivity index (χ0v) is 66.0. The molecule has 30 heteroatoms. The number of hydrogen-bond acceptors (Lipinski definition) is 23. The number of aryl methyl sites for hydroxylation is 3. The molecule has 9 aromatic rings. The minimum Gasteiger partial charge on any atom is -0.495 e. The van der Waals surface area contributed by atoms with Crippen molar-refractivity contribution in [1.29, 1.82) is 0 Å². The summed E-state index contributed by atoms with van der Waals surface area (Å²) in [5.74, 6) is 4.18. The molecule has 548 valence electrons. The minimum absolute atomic E-state index is 0.0666. The van der Waals surface area contributed by atoms with Gasteiger partial charge in [0.25, 0.3) is 10.1 Å². The van der Waals surface area contributed by atoms with Gasteiger partial charge in [-0.25, -0.2) is 9.97 Å². The van der Waals surface area contributed by atoms with E-state index in [0.717, 1.165) is 137 Å². The third-order valence-electron chi connectivity index (χ3n) is 16.9. The van der Waals surface area contributed by atoms with Crippen LogP contribution in [0.1, 0.15) is 85.4 Å². The number of morpholine rings is 2. The Morgan fingerprint density at radius 2 is 1.07 bits per heavy atom. The van der Waals surface area contributed by atoms with Gasteiger partial charge in [0.1, 0.15) is 37.4 Å². The number of nitrogens with two attached hydrogens (primary N) is 1. The Balaban J connectivity index is 0.000000174. The summed E-state index contributed by atoms with van der Waals surface area (Å²) >= 11 is 12.9. The minimum atomic E-state index is -4.02. The fraction of sp³-hybridized carbons (Fsp3) is 0.370. The van der Waals surface area contributed by atoms with E-state index in [9.17, 15) is 17.5 Å². The van der Waals surface area contributed by atoms with E-state index in [2.05, 4.69) is 112 Å². The molecule has 24 nitrogen and oxygen atoms in total. The van der Waals surface area contributed by atoms with Crippen LogP contribution in [0.5, 0.6) is 11.5 Å². The quantitative estimate of drug-likeness (QED) is 0.0190. The van der Waals surface area contributed by atoms with Crippen LogP contribution in [0.25, 0.3) is 22.5 Å². The molecule has 103 heavy (non-hydrogen) atoms. The molecule has 4 aromatic heterocycles. The Labute approximate surface area is 625 Å². The molecule has 2 aliphatic heterocycles. The van der Waals surface area contributed by atoms with E-state index >= 15 is 0 Å². The lowest BCUT2D eigenvalue weighted by Crippen LogP contribution is -2.36. The van der Waals surface area contributed by atoms with E-state index in [0.29, 0.717) is 80.2 Å². The van der Waals surface area contributed by atoms with Crippen molar-refractivity contribution in [2.75, 3.05) is 132 Å². The average molecular weight is 1610 g/mol. The van der Waals surface area contributed by atoms with Crippen LogP contribution < -0.4 is 51.6 Å². The Hall–Kier alpha value is -7.68. The molecular formula is C73H89Br2ClN14O10P2S. The summed E-state index contributed by atoms with van der Waals surface area (Å²) in [6.07, 6.45) is 17.3. The van der Waals surface area contributed by atoms with Gasteiger partial charge in [0.05, 0.1) is 112 Å². The standard InChI is InChI=1S/C31H35BrN7O3P.C19H18BrClN5OP.C12H18N2O2.C7H8O3S.C4H10O/c1-19-13-27(39-9-11-42-12-10-39)28(41-2)15-24(19)37-31-35-16-22(32)30(38-31)36-23-8-7-21(14-29(23)43(3,4)40)26-18-33-25(17-34-26)20-5-6-20;1-28(2,27)17-7-12(16-10-22-15(9-23-16)11-3-4-11)5-6-14(17)25-18-13(20)8-24-19(21)26-18;1-9-7-11(12(15-2)8-10(9)13)14-3-5-16-6-4-14;1-6-2-4-7(5-3-6)11(8,9)10;1-2-3-4-5/h7-8,13-18,20H,5-6,9-12H2,1-4H3,(H2,35,36,37,38);5-11H,3-4H2,1-2H3,(H,24,25,26);7-8H,3-6,13H2,1-2H3;2-5H,1H3,(H,8,9,10);5H,2-4H2,1H3. The molecule has 2 aliphatic carbocycles. The number of ether oxygens (including phenoxy) is 4. The fourth-order valence-electron chi connectivity index (χ4n) is 10.8. The van der Waals surface area contributed by atoms with Crippen molar-refractivity contribution in [2.45, 2.75) is 83.0 Å². The van der Waals surface area contributed by atoms with Crippen LogP contribution in [-0.4, -0.2) is 158 Å². The van der Waals surface area contributed by atoms with E-state index in [1.807, 2.05) is 81.7 Å². The molecule has 5 aromatic carbocycles. The second kappa shape index (κ2) is 36.4. The Bertz CT molecular complexity index is 4580. The maximum Gasteiger partial charge on any atom is 0.294 e. The van der Waals surface area contributed by atoms with Crippen LogP contribution in [-0.2, 0) is 28.7 Å². The number of hydrogen-bond donors (Lipinski definition) is 6. The molecule has 0 spiro atoms. The van der Waals surface area contributed by atoms with Crippen molar-refractivity contribution < 1.29 is 46.2 Å². The summed E-state index contributed by atoms with van der Waals surface area (Å²) in [7, 11) is -5.93. The number of unbranched alkanes of at least 4 members (excludes halogenated alkanes) is 1. The lowest BCUT2D eigenvalue weighted by molar-refractivity contribution is 0.122. The zero-order valence-electron chi connectivity index (χ0n) is 59.5. The molecule has 13 rings (SSSR count). The van der Waals surface area contributed by atoms with Gasteiger partial charge in [0.2, 0.25) is 11.2 Å². The normalized spacial score (nSPS) is 14.4. The lowest BCUT2D eigenvalue weighted by atomic mass is 10.1. The molecule has 0 atom stereocenters. The van der Waals surface area contributed by atoms with Crippen molar-refractivity contribution in [2.24, 2.45) is 0 Å². The van der Waals surface area contributed by atoms with Crippen LogP contribution in [0.15, 0.2) is 136 Å². The topological polar surface area (TPSA) is 317 Å². The number of methoxy groups -OCH3 is 2. The third kappa shape index (κ3) is 22.7. The lowest BCUT2D eigenvalue weighted by Gasteiger charge is -2.30. The maximum absolute atomic E-state index is 13.4. The molecular weight excluding hydrogens is 1520 g/mol. The summed E-state index contributed by atoms with van der Waals surface area (Å²) in [6.45, 7) is 21.7. The number of anilines is 9. The first-order chi connectivity index (χ1) is 49.1. The van der Waals surface area contributed by atoms with Gasteiger partial charge >= 0.3 is 0 Å². The van der Waals surface area contributed by atoms with E-state index in [1.165, 1.54) is 37.8 Å². The summed E-state index contributed by atoms with van der Waals surface area (Å²) in [5.41, 5.74) is 19.5. The monoisotopic (exact) mass is 1610 g/mol. The highest BCUT2D eigenvalue weighted by atomic mass is 79.9. The van der Waals surface area contributed by atoms with Gasteiger partial charge in [-0.05, 0) is 183 Å². The van der Waals surface area contributed by atoms with Crippen molar-refractivity contribution in [3.05, 3.63) is 164 Å². The van der Waals surface area contributed by atoms with E-state index < -0.39 is 24.4 Å². The van der Waals surface area contributed by atoms with Gasteiger partial charge in [-0.2, -0.15) is 18.4 Å². The molecule has 7 N–H and O–H groups in total. The zero-order chi connectivity index (χ0) is 74.2. The molecule has 2 saturated heterocycles. The number of halogens is 3. The smallest absolute Gasteiger partial charge is 0.294 e. The van der Waals surface area contributed by atoms with Gasteiger partial charge in [-0.15, -0.1) is 0 Å². The Kier molecular flexibility index (Phi) is 28.0.